The molecule has 0 radical (unpaired) electrons. The summed E-state index contributed by atoms with van der Waals surface area (Å²) >= 11 is 0. The van der Waals surface area contributed by atoms with Crippen LogP contribution in [-0.2, 0) is 11.3 Å². The summed E-state index contributed by atoms with van der Waals surface area (Å²) < 4.78 is 1.36. The molecule has 0 saturated heterocycles. The van der Waals surface area contributed by atoms with Crippen molar-refractivity contribution in [2.45, 2.75) is 19.4 Å². The molecule has 22 heavy (non-hydrogen) atoms. The van der Waals surface area contributed by atoms with E-state index in [1.165, 1.54) is 17.4 Å². The van der Waals surface area contributed by atoms with Gasteiger partial charge in [0, 0.05) is 25.4 Å². The van der Waals surface area contributed by atoms with Crippen LogP contribution in [0.3, 0.4) is 0 Å². The van der Waals surface area contributed by atoms with Crippen molar-refractivity contribution >= 4 is 5.91 Å². The van der Waals surface area contributed by atoms with Crippen molar-refractivity contribution in [3.63, 3.8) is 0 Å². The summed E-state index contributed by atoms with van der Waals surface area (Å²) in [5.41, 5.74) is 1.12. The Morgan fingerprint density at radius 3 is 2.64 bits per heavy atom. The topological polar surface area (TPSA) is 55.2 Å². The molecule has 1 amide bonds. The lowest BCUT2D eigenvalue weighted by Gasteiger charge is -2.17. The number of aromatic nitrogens is 2. The van der Waals surface area contributed by atoms with E-state index >= 15 is 0 Å². The first-order valence-corrected chi connectivity index (χ1v) is 7.50. The number of likely N-dealkylation sites (N-methyl/N-ethyl adjacent to an activating group) is 1. The van der Waals surface area contributed by atoms with E-state index in [1.807, 2.05) is 30.3 Å². The summed E-state index contributed by atoms with van der Waals surface area (Å²) in [7, 11) is 1.79. The van der Waals surface area contributed by atoms with Gasteiger partial charge in [0.2, 0.25) is 5.91 Å². The molecule has 0 unspecified atom stereocenters. The van der Waals surface area contributed by atoms with Gasteiger partial charge in [-0.3, -0.25) is 9.36 Å². The number of nitrogens with zero attached hydrogens (tertiary/aromatic N) is 3. The van der Waals surface area contributed by atoms with Crippen molar-refractivity contribution in [1.82, 2.24) is 14.5 Å². The Morgan fingerprint density at radius 2 is 2.00 bits per heavy atom. The summed E-state index contributed by atoms with van der Waals surface area (Å²) in [5.74, 6) is 0.590. The summed E-state index contributed by atoms with van der Waals surface area (Å²) in [6.45, 7) is 0.827. The zero-order chi connectivity index (χ0) is 15.5. The maximum atomic E-state index is 12.1. The summed E-state index contributed by atoms with van der Waals surface area (Å²) in [6.07, 6.45) is 4.04. The van der Waals surface area contributed by atoms with Gasteiger partial charge in [0.15, 0.2) is 0 Å². The Labute approximate surface area is 129 Å². The number of carbonyl (C=O) groups excluding carboxylic acids is 1. The number of benzene rings is 1. The molecule has 0 aliphatic heterocycles. The molecule has 1 saturated carbocycles. The third-order valence-electron chi connectivity index (χ3n) is 3.90. The van der Waals surface area contributed by atoms with Crippen LogP contribution in [0.1, 0.15) is 12.8 Å². The van der Waals surface area contributed by atoms with Gasteiger partial charge >= 0.3 is 5.69 Å². The summed E-state index contributed by atoms with van der Waals surface area (Å²) in [6, 6.07) is 11.3. The van der Waals surface area contributed by atoms with E-state index in [0.29, 0.717) is 11.6 Å². The molecule has 0 N–H and O–H groups in total. The number of amides is 1. The second kappa shape index (κ2) is 6.13. The Morgan fingerprint density at radius 1 is 1.27 bits per heavy atom. The minimum Gasteiger partial charge on any atom is -0.344 e. The van der Waals surface area contributed by atoms with E-state index in [2.05, 4.69) is 4.98 Å². The zero-order valence-electron chi connectivity index (χ0n) is 12.6. The van der Waals surface area contributed by atoms with E-state index in [1.54, 1.807) is 24.2 Å². The lowest BCUT2D eigenvalue weighted by molar-refractivity contribution is -0.130. The zero-order valence-corrected chi connectivity index (χ0v) is 12.6. The van der Waals surface area contributed by atoms with Crippen LogP contribution in [0.15, 0.2) is 47.4 Å². The van der Waals surface area contributed by atoms with Crippen molar-refractivity contribution in [2.75, 3.05) is 13.6 Å². The number of hydrogen-bond donors (Lipinski definition) is 0. The highest BCUT2D eigenvalue weighted by atomic mass is 16.2. The highest BCUT2D eigenvalue weighted by Crippen LogP contribution is 2.29. The highest BCUT2D eigenvalue weighted by Gasteiger charge is 2.24. The minimum atomic E-state index is -0.394. The largest absolute Gasteiger partial charge is 0.348 e. The highest BCUT2D eigenvalue weighted by molar-refractivity contribution is 5.75. The van der Waals surface area contributed by atoms with Gasteiger partial charge in [-0.05, 0) is 24.8 Å². The van der Waals surface area contributed by atoms with E-state index in [-0.39, 0.29) is 12.5 Å². The molecule has 1 aliphatic rings. The van der Waals surface area contributed by atoms with Crippen molar-refractivity contribution in [1.29, 1.82) is 0 Å². The molecular formula is C17H19N3O2. The van der Waals surface area contributed by atoms with Crippen molar-refractivity contribution in [3.8, 4) is 11.3 Å². The van der Waals surface area contributed by atoms with Crippen molar-refractivity contribution < 1.29 is 4.79 Å². The first-order chi connectivity index (χ1) is 10.6. The third kappa shape index (κ3) is 3.42. The standard InChI is InChI=1S/C17H19N3O2/c1-19(11-13-7-8-13)16(21)12-20-10-9-15(18-17(20)22)14-5-3-2-4-6-14/h2-6,9-10,13H,7-8,11-12H2,1H3. The van der Waals surface area contributed by atoms with Gasteiger partial charge in [-0.15, -0.1) is 0 Å². The quantitative estimate of drug-likeness (QED) is 0.845. The van der Waals surface area contributed by atoms with Crippen LogP contribution in [0.5, 0.6) is 0 Å². The molecule has 5 heteroatoms. The molecule has 5 nitrogen and oxygen atoms in total. The van der Waals surface area contributed by atoms with Crippen LogP contribution in [0.25, 0.3) is 11.3 Å². The number of hydrogen-bond acceptors (Lipinski definition) is 3. The van der Waals surface area contributed by atoms with Crippen LogP contribution < -0.4 is 5.69 Å². The Kier molecular flexibility index (Phi) is 4.04. The van der Waals surface area contributed by atoms with Gasteiger partial charge in [-0.2, -0.15) is 4.98 Å². The first kappa shape index (κ1) is 14.5. The summed E-state index contributed by atoms with van der Waals surface area (Å²) in [4.78, 5) is 30.0. The second-order valence-electron chi connectivity index (χ2n) is 5.81. The molecule has 1 aliphatic carbocycles. The second-order valence-corrected chi connectivity index (χ2v) is 5.81. The first-order valence-electron chi connectivity index (χ1n) is 7.50. The SMILES string of the molecule is CN(CC1CC1)C(=O)Cn1ccc(-c2ccccc2)nc1=O. The van der Waals surface area contributed by atoms with Crippen LogP contribution >= 0.6 is 0 Å². The van der Waals surface area contributed by atoms with Gasteiger partial charge < -0.3 is 4.90 Å². The molecule has 0 bridgehead atoms. The molecule has 2 aromatic rings. The van der Waals surface area contributed by atoms with Crippen LogP contribution in [0.2, 0.25) is 0 Å². The van der Waals surface area contributed by atoms with Crippen LogP contribution in [0, 0.1) is 5.92 Å². The Hall–Kier alpha value is -2.43. The number of carbonyl (C=O) groups is 1. The van der Waals surface area contributed by atoms with Gasteiger partial charge in [-0.25, -0.2) is 4.79 Å². The van der Waals surface area contributed by atoms with Gasteiger partial charge in [0.25, 0.3) is 0 Å². The molecule has 1 aromatic carbocycles. The fraction of sp³-hybridized carbons (Fsp3) is 0.353. The molecule has 3 rings (SSSR count). The molecule has 0 atom stereocenters. The predicted octanol–water partition coefficient (Wildman–Crippen LogP) is 1.78. The van der Waals surface area contributed by atoms with E-state index in [9.17, 15) is 9.59 Å². The van der Waals surface area contributed by atoms with Gasteiger partial charge in [-0.1, -0.05) is 30.3 Å². The smallest absolute Gasteiger partial charge is 0.344 e. The van der Waals surface area contributed by atoms with Crippen molar-refractivity contribution in [3.05, 3.63) is 53.1 Å². The monoisotopic (exact) mass is 297 g/mol. The van der Waals surface area contributed by atoms with E-state index in [4.69, 9.17) is 0 Å². The van der Waals surface area contributed by atoms with E-state index < -0.39 is 5.69 Å². The number of rotatable bonds is 5. The minimum absolute atomic E-state index is 0.0458. The molecule has 1 aromatic heterocycles. The fourth-order valence-corrected chi connectivity index (χ4v) is 2.37. The Balaban J connectivity index is 1.72. The lowest BCUT2D eigenvalue weighted by atomic mass is 10.1. The van der Waals surface area contributed by atoms with Crippen molar-refractivity contribution in [2.24, 2.45) is 5.92 Å². The maximum absolute atomic E-state index is 12.1. The predicted molar refractivity (Wildman–Crippen MR) is 84.3 cm³/mol. The lowest BCUT2D eigenvalue weighted by Crippen LogP contribution is -2.35. The summed E-state index contributed by atoms with van der Waals surface area (Å²) in [5, 5.41) is 0. The Bertz CT molecular complexity index is 720. The third-order valence-corrected chi connectivity index (χ3v) is 3.90. The molecule has 1 heterocycles. The normalized spacial score (nSPS) is 13.9. The van der Waals surface area contributed by atoms with Crippen LogP contribution in [-0.4, -0.2) is 34.0 Å². The average Bonchev–Trinajstić information content (AvgIpc) is 3.34. The maximum Gasteiger partial charge on any atom is 0.348 e. The average molecular weight is 297 g/mol. The molecular weight excluding hydrogens is 278 g/mol. The van der Waals surface area contributed by atoms with Gasteiger partial charge in [0.1, 0.15) is 6.54 Å². The molecule has 1 fully saturated rings. The van der Waals surface area contributed by atoms with Gasteiger partial charge in [0.05, 0.1) is 5.69 Å². The molecule has 114 valence electrons. The fourth-order valence-electron chi connectivity index (χ4n) is 2.37. The van der Waals surface area contributed by atoms with Crippen LogP contribution in [0.4, 0.5) is 0 Å². The molecule has 0 spiro atoms. The van der Waals surface area contributed by atoms with E-state index in [0.717, 1.165) is 12.1 Å².